The molecule has 0 aliphatic carbocycles. The molecule has 0 aliphatic rings. The van der Waals surface area contributed by atoms with Gasteiger partial charge in [0.15, 0.2) is 6.29 Å². The molecule has 0 atom stereocenters. The summed E-state index contributed by atoms with van der Waals surface area (Å²) in [6.45, 7) is 4.44. The second kappa shape index (κ2) is 5.85. The maximum Gasteiger partial charge on any atom is 0.152 e. The van der Waals surface area contributed by atoms with Gasteiger partial charge >= 0.3 is 0 Å². The van der Waals surface area contributed by atoms with E-state index in [1.165, 1.54) is 0 Å². The van der Waals surface area contributed by atoms with Crippen molar-refractivity contribution in [2.24, 2.45) is 0 Å². The van der Waals surface area contributed by atoms with Crippen molar-refractivity contribution in [3.05, 3.63) is 52.5 Å². The average molecular weight is 314 g/mol. The zero-order chi connectivity index (χ0) is 15.7. The summed E-state index contributed by atoms with van der Waals surface area (Å²) in [7, 11) is 0. The van der Waals surface area contributed by atoms with E-state index in [1.807, 2.05) is 50.2 Å². The van der Waals surface area contributed by atoms with E-state index in [9.17, 15) is 4.79 Å². The Morgan fingerprint density at radius 3 is 2.73 bits per heavy atom. The molecular weight excluding hydrogens is 298 g/mol. The lowest BCUT2D eigenvalue weighted by atomic mass is 10.0. The molecule has 4 heteroatoms. The van der Waals surface area contributed by atoms with Crippen LogP contribution in [-0.2, 0) is 0 Å². The van der Waals surface area contributed by atoms with Crippen LogP contribution >= 0.6 is 11.6 Å². The summed E-state index contributed by atoms with van der Waals surface area (Å²) >= 11 is 6.19. The number of H-pyrrole nitrogens is 1. The first-order valence-corrected chi connectivity index (χ1v) is 7.53. The number of nitrogens with one attached hydrogen (secondary N) is 1. The van der Waals surface area contributed by atoms with Gasteiger partial charge in [0.1, 0.15) is 5.75 Å². The first-order chi connectivity index (χ1) is 10.7. The number of aromatic amines is 1. The van der Waals surface area contributed by atoms with Crippen LogP contribution in [0.2, 0.25) is 5.02 Å². The maximum atomic E-state index is 11.6. The molecule has 0 radical (unpaired) electrons. The fourth-order valence-corrected chi connectivity index (χ4v) is 2.85. The van der Waals surface area contributed by atoms with Gasteiger partial charge in [0.25, 0.3) is 0 Å². The van der Waals surface area contributed by atoms with E-state index in [0.717, 1.165) is 39.8 Å². The number of carbonyl (C=O) groups excluding carboxylic acids is 1. The predicted molar refractivity (Wildman–Crippen MR) is 90.0 cm³/mol. The minimum atomic E-state index is 0.568. The zero-order valence-corrected chi connectivity index (χ0v) is 13.2. The summed E-state index contributed by atoms with van der Waals surface area (Å²) < 4.78 is 5.68. The number of fused-ring (bicyclic) bond motifs is 1. The number of hydrogen-bond acceptors (Lipinski definition) is 2. The zero-order valence-electron chi connectivity index (χ0n) is 12.4. The Kier molecular flexibility index (Phi) is 3.90. The highest BCUT2D eigenvalue weighted by molar-refractivity contribution is 6.32. The normalized spacial score (nSPS) is 10.9. The highest BCUT2D eigenvalue weighted by Crippen LogP contribution is 2.37. The predicted octanol–water partition coefficient (Wildman–Crippen LogP) is 5.01. The number of aryl methyl sites for hydroxylation is 1. The fraction of sp³-hybridized carbons (Fsp3) is 0.167. The molecule has 0 unspecified atom stereocenters. The van der Waals surface area contributed by atoms with Crippen molar-refractivity contribution in [1.29, 1.82) is 0 Å². The molecule has 0 bridgehead atoms. The number of ether oxygens (including phenoxy) is 1. The largest absolute Gasteiger partial charge is 0.493 e. The van der Waals surface area contributed by atoms with Crippen molar-refractivity contribution in [3.63, 3.8) is 0 Å². The highest BCUT2D eigenvalue weighted by atomic mass is 35.5. The quantitative estimate of drug-likeness (QED) is 0.688. The second-order valence-electron chi connectivity index (χ2n) is 5.06. The van der Waals surface area contributed by atoms with Crippen molar-refractivity contribution in [3.8, 4) is 17.0 Å². The molecule has 1 aromatic heterocycles. The summed E-state index contributed by atoms with van der Waals surface area (Å²) in [5.74, 6) is 0.753. The molecule has 3 rings (SSSR count). The number of aldehydes is 1. The van der Waals surface area contributed by atoms with Crippen LogP contribution in [0.5, 0.6) is 5.75 Å². The Morgan fingerprint density at radius 2 is 2.00 bits per heavy atom. The van der Waals surface area contributed by atoms with Crippen molar-refractivity contribution in [2.75, 3.05) is 6.61 Å². The molecule has 0 saturated carbocycles. The molecule has 0 spiro atoms. The third-order valence-corrected chi connectivity index (χ3v) is 4.19. The lowest BCUT2D eigenvalue weighted by molar-refractivity contribution is 0.112. The number of aromatic nitrogens is 1. The van der Waals surface area contributed by atoms with E-state index in [-0.39, 0.29) is 0 Å². The Bertz CT molecular complexity index is 852. The van der Waals surface area contributed by atoms with Crippen LogP contribution in [0.25, 0.3) is 22.2 Å². The molecule has 3 aromatic rings. The van der Waals surface area contributed by atoms with E-state index >= 15 is 0 Å². The molecule has 1 heterocycles. The van der Waals surface area contributed by atoms with Crippen LogP contribution in [0.15, 0.2) is 36.4 Å². The number of benzene rings is 2. The van der Waals surface area contributed by atoms with Gasteiger partial charge < -0.3 is 9.72 Å². The molecule has 0 fully saturated rings. The molecule has 112 valence electrons. The number of para-hydroxylation sites is 1. The van der Waals surface area contributed by atoms with Crippen LogP contribution in [0.1, 0.15) is 22.8 Å². The summed E-state index contributed by atoms with van der Waals surface area (Å²) in [5.41, 5.74) is 4.08. The summed E-state index contributed by atoms with van der Waals surface area (Å²) in [5, 5.41) is 1.55. The fourth-order valence-electron chi connectivity index (χ4n) is 2.69. The number of halogens is 1. The summed E-state index contributed by atoms with van der Waals surface area (Å²) in [6, 6.07) is 11.4. The van der Waals surface area contributed by atoms with Crippen molar-refractivity contribution >= 4 is 28.8 Å². The van der Waals surface area contributed by atoms with Crippen LogP contribution in [0, 0.1) is 6.92 Å². The van der Waals surface area contributed by atoms with Gasteiger partial charge in [-0.2, -0.15) is 0 Å². The van der Waals surface area contributed by atoms with Gasteiger partial charge in [-0.25, -0.2) is 0 Å². The van der Waals surface area contributed by atoms with Crippen molar-refractivity contribution in [2.45, 2.75) is 13.8 Å². The molecule has 2 aromatic carbocycles. The van der Waals surface area contributed by atoms with E-state index in [4.69, 9.17) is 16.3 Å². The molecule has 3 nitrogen and oxygen atoms in total. The topological polar surface area (TPSA) is 42.1 Å². The van der Waals surface area contributed by atoms with Gasteiger partial charge in [0, 0.05) is 21.5 Å². The van der Waals surface area contributed by atoms with Crippen molar-refractivity contribution < 1.29 is 9.53 Å². The standard InChI is InChI=1S/C18H16ClNO2/c1-3-22-16-7-5-4-6-13(16)18-14(10-21)12-8-9-15(19)11(2)17(12)20-18/h4-10,20H,3H2,1-2H3. The van der Waals surface area contributed by atoms with Crippen LogP contribution in [0.3, 0.4) is 0 Å². The second-order valence-corrected chi connectivity index (χ2v) is 5.46. The van der Waals surface area contributed by atoms with Crippen LogP contribution < -0.4 is 4.74 Å². The third kappa shape index (κ3) is 2.28. The Balaban J connectivity index is 2.32. The minimum absolute atomic E-state index is 0.568. The van der Waals surface area contributed by atoms with E-state index in [2.05, 4.69) is 4.98 Å². The van der Waals surface area contributed by atoms with E-state index in [0.29, 0.717) is 17.2 Å². The average Bonchev–Trinajstić information content (AvgIpc) is 2.91. The molecule has 0 amide bonds. The van der Waals surface area contributed by atoms with E-state index < -0.39 is 0 Å². The number of carbonyl (C=O) groups is 1. The van der Waals surface area contributed by atoms with Gasteiger partial charge in [-0.1, -0.05) is 29.8 Å². The first-order valence-electron chi connectivity index (χ1n) is 7.15. The number of hydrogen-bond donors (Lipinski definition) is 1. The Hall–Kier alpha value is -2.26. The number of rotatable bonds is 4. The lowest BCUT2D eigenvalue weighted by Crippen LogP contribution is -1.95. The highest BCUT2D eigenvalue weighted by Gasteiger charge is 2.17. The smallest absolute Gasteiger partial charge is 0.152 e. The minimum Gasteiger partial charge on any atom is -0.493 e. The third-order valence-electron chi connectivity index (χ3n) is 3.78. The molecule has 1 N–H and O–H groups in total. The Morgan fingerprint density at radius 1 is 1.23 bits per heavy atom. The van der Waals surface area contributed by atoms with Gasteiger partial charge in [-0.3, -0.25) is 4.79 Å². The van der Waals surface area contributed by atoms with Gasteiger partial charge in [0.05, 0.1) is 17.8 Å². The summed E-state index contributed by atoms with van der Waals surface area (Å²) in [6.07, 6.45) is 0.879. The SMILES string of the molecule is CCOc1ccccc1-c1[nH]c2c(C)c(Cl)ccc2c1C=O. The first kappa shape index (κ1) is 14.7. The monoisotopic (exact) mass is 313 g/mol. The van der Waals surface area contributed by atoms with Gasteiger partial charge in [-0.15, -0.1) is 0 Å². The van der Waals surface area contributed by atoms with E-state index in [1.54, 1.807) is 0 Å². The molecule has 0 aliphatic heterocycles. The van der Waals surface area contributed by atoms with Gasteiger partial charge in [-0.05, 0) is 37.6 Å². The van der Waals surface area contributed by atoms with Crippen LogP contribution in [0.4, 0.5) is 0 Å². The lowest BCUT2D eigenvalue weighted by Gasteiger charge is -2.09. The Labute approximate surface area is 133 Å². The molecule has 22 heavy (non-hydrogen) atoms. The van der Waals surface area contributed by atoms with Crippen molar-refractivity contribution in [1.82, 2.24) is 4.98 Å². The molecule has 0 saturated heterocycles. The van der Waals surface area contributed by atoms with Gasteiger partial charge in [0.2, 0.25) is 0 Å². The summed E-state index contributed by atoms with van der Waals surface area (Å²) in [4.78, 5) is 15.0. The van der Waals surface area contributed by atoms with Crippen LogP contribution in [-0.4, -0.2) is 17.9 Å². The maximum absolute atomic E-state index is 11.6. The molecular formula is C18H16ClNO2.